The number of amides is 1. The number of thiol groups is 1. The molecule has 6 nitrogen and oxygen atoms in total. The summed E-state index contributed by atoms with van der Waals surface area (Å²) < 4.78 is 42.4. The first-order chi connectivity index (χ1) is 18.7. The van der Waals surface area contributed by atoms with Gasteiger partial charge >= 0.3 is 0 Å². The highest BCUT2D eigenvalue weighted by Gasteiger charge is 2.35. The minimum atomic E-state index is -0.859. The molecule has 1 fully saturated rings. The number of nitrogens with zero attached hydrogens (tertiary/aromatic N) is 3. The van der Waals surface area contributed by atoms with Crippen LogP contribution in [0, 0.1) is 0 Å². The Morgan fingerprint density at radius 3 is 2.65 bits per heavy atom. The second-order valence-corrected chi connectivity index (χ2v) is 9.18. The van der Waals surface area contributed by atoms with Crippen LogP contribution in [0.25, 0.3) is 5.69 Å². The van der Waals surface area contributed by atoms with Crippen molar-refractivity contribution >= 4 is 18.5 Å². The number of fused-ring (bicyclic) bond motifs is 1. The molecule has 0 spiro atoms. The van der Waals surface area contributed by atoms with E-state index in [4.69, 9.17) is 11.8 Å². The Balaban J connectivity index is 1.47. The average Bonchev–Trinajstić information content (AvgIpc) is 2.90. The lowest BCUT2D eigenvalue weighted by atomic mass is 9.84. The van der Waals surface area contributed by atoms with E-state index in [-0.39, 0.29) is 29.5 Å². The lowest BCUT2D eigenvalue weighted by Crippen LogP contribution is -2.44. The summed E-state index contributed by atoms with van der Waals surface area (Å²) in [5, 5.41) is 2.41. The summed E-state index contributed by atoms with van der Waals surface area (Å²) in [6.45, 7) is 1.47. The van der Waals surface area contributed by atoms with Crippen LogP contribution in [0.2, 0.25) is 0 Å². The van der Waals surface area contributed by atoms with Gasteiger partial charge in [0.2, 0.25) is 5.91 Å². The molecule has 1 N–H and O–H groups in total. The van der Waals surface area contributed by atoms with Gasteiger partial charge in [-0.3, -0.25) is 14.2 Å². The van der Waals surface area contributed by atoms with Crippen LogP contribution in [0.5, 0.6) is 0 Å². The number of para-hydroxylation sites is 1. The van der Waals surface area contributed by atoms with E-state index >= 15 is 0 Å². The molecule has 1 unspecified atom stereocenters. The van der Waals surface area contributed by atoms with Crippen molar-refractivity contribution in [2.45, 2.75) is 49.9 Å². The smallest absolute Gasteiger partial charge is 0.264 e. The number of benzene rings is 2. The highest BCUT2D eigenvalue weighted by Crippen LogP contribution is 2.38. The largest absolute Gasteiger partial charge is 0.326 e. The Morgan fingerprint density at radius 2 is 1.94 bits per heavy atom. The van der Waals surface area contributed by atoms with Gasteiger partial charge in [0.25, 0.3) is 5.56 Å². The Morgan fingerprint density at radius 1 is 1.18 bits per heavy atom. The SMILES string of the molecule is [2H]c1c([2H])c([2H])c(-n2c(C3CCC3)nc3c(c2=O)C(S)N(C(=O)CCNCc2ccccc2)CC3)c([2H])c1[2H]. The van der Waals surface area contributed by atoms with E-state index in [1.807, 2.05) is 30.3 Å². The molecule has 1 saturated carbocycles. The summed E-state index contributed by atoms with van der Waals surface area (Å²) in [4.78, 5) is 33.6. The van der Waals surface area contributed by atoms with Crippen LogP contribution in [-0.2, 0) is 17.8 Å². The van der Waals surface area contributed by atoms with Crippen molar-refractivity contribution in [3.8, 4) is 5.69 Å². The van der Waals surface area contributed by atoms with E-state index in [9.17, 15) is 9.59 Å². The Kier molecular flexibility index (Phi) is 5.23. The van der Waals surface area contributed by atoms with Gasteiger partial charge < -0.3 is 10.2 Å². The van der Waals surface area contributed by atoms with Crippen molar-refractivity contribution < 1.29 is 11.6 Å². The lowest BCUT2D eigenvalue weighted by Gasteiger charge is -2.35. The minimum Gasteiger partial charge on any atom is -0.326 e. The predicted molar refractivity (Wildman–Crippen MR) is 136 cm³/mol. The zero-order valence-electron chi connectivity index (χ0n) is 23.8. The summed E-state index contributed by atoms with van der Waals surface area (Å²) in [6.07, 6.45) is 3.17. The van der Waals surface area contributed by atoms with Crippen molar-refractivity contribution in [1.29, 1.82) is 0 Å². The number of hydrogen-bond donors (Lipinski definition) is 2. The van der Waals surface area contributed by atoms with E-state index in [1.165, 1.54) is 4.57 Å². The second kappa shape index (κ2) is 10.2. The number of hydrogen-bond acceptors (Lipinski definition) is 5. The second-order valence-electron chi connectivity index (χ2n) is 8.70. The molecule has 2 aliphatic rings. The van der Waals surface area contributed by atoms with E-state index < -0.39 is 41.1 Å². The standard InChI is InChI=1S/C27H30N4O2S/c32-23(14-16-28-18-19-8-3-1-4-9-19)30-17-15-22-24(27(30)34)26(33)31(21-12-5-2-6-13-21)25(29-22)20-10-7-11-20/h1-6,8-9,12-13,20,27-28,34H,7,10-11,14-18H2/i2D,5D,6D,12D,13D. The monoisotopic (exact) mass is 479 g/mol. The third kappa shape index (κ3) is 4.55. The maximum atomic E-state index is 14.1. The molecular formula is C27H30N4O2S. The molecule has 0 bridgehead atoms. The molecular weight excluding hydrogens is 444 g/mol. The van der Waals surface area contributed by atoms with Crippen LogP contribution in [0.15, 0.2) is 65.3 Å². The molecule has 176 valence electrons. The fourth-order valence-corrected chi connectivity index (χ4v) is 4.99. The quantitative estimate of drug-likeness (QED) is 0.397. The van der Waals surface area contributed by atoms with Crippen LogP contribution < -0.4 is 10.9 Å². The third-order valence-electron chi connectivity index (χ3n) is 6.55. The van der Waals surface area contributed by atoms with Crippen molar-refractivity contribution in [1.82, 2.24) is 19.8 Å². The number of carbonyl (C=O) groups excluding carboxylic acids is 1. The molecule has 3 aromatic rings. The van der Waals surface area contributed by atoms with Crippen molar-refractivity contribution in [3.63, 3.8) is 0 Å². The molecule has 7 heteroatoms. The number of rotatable bonds is 7. The lowest BCUT2D eigenvalue weighted by molar-refractivity contribution is -0.132. The van der Waals surface area contributed by atoms with Gasteiger partial charge in [-0.1, -0.05) is 54.9 Å². The summed E-state index contributed by atoms with van der Waals surface area (Å²) in [5.41, 5.74) is 1.13. The van der Waals surface area contributed by atoms with Gasteiger partial charge in [0.15, 0.2) is 0 Å². The van der Waals surface area contributed by atoms with Gasteiger partial charge in [0.05, 0.1) is 23.8 Å². The van der Waals surface area contributed by atoms with Crippen LogP contribution >= 0.6 is 12.6 Å². The molecule has 0 radical (unpaired) electrons. The van der Waals surface area contributed by atoms with Crippen molar-refractivity contribution in [3.05, 3.63) is 93.5 Å². The van der Waals surface area contributed by atoms with Gasteiger partial charge in [-0.05, 0) is 30.5 Å². The maximum Gasteiger partial charge on any atom is 0.264 e. The first kappa shape index (κ1) is 17.5. The fourth-order valence-electron chi connectivity index (χ4n) is 4.49. The van der Waals surface area contributed by atoms with Gasteiger partial charge in [-0.2, -0.15) is 0 Å². The van der Waals surface area contributed by atoms with E-state index in [1.54, 1.807) is 4.90 Å². The number of nitrogens with one attached hydrogen (secondary N) is 1. The van der Waals surface area contributed by atoms with Gasteiger partial charge in [-0.15, -0.1) is 12.6 Å². The zero-order valence-corrected chi connectivity index (χ0v) is 19.7. The highest BCUT2D eigenvalue weighted by molar-refractivity contribution is 7.80. The normalized spacial score (nSPS) is 19.9. The summed E-state index contributed by atoms with van der Waals surface area (Å²) in [7, 11) is 0. The molecule has 1 amide bonds. The average molecular weight is 480 g/mol. The Bertz CT molecular complexity index is 1450. The minimum absolute atomic E-state index is 0.0467. The van der Waals surface area contributed by atoms with Crippen molar-refractivity contribution in [2.75, 3.05) is 13.1 Å². The molecule has 1 atom stereocenters. The van der Waals surface area contributed by atoms with Crippen LogP contribution in [0.4, 0.5) is 0 Å². The van der Waals surface area contributed by atoms with Crippen LogP contribution in [0.3, 0.4) is 0 Å². The molecule has 5 rings (SSSR count). The van der Waals surface area contributed by atoms with E-state index in [0.29, 0.717) is 37.6 Å². The first-order valence-corrected chi connectivity index (χ1v) is 12.2. The van der Waals surface area contributed by atoms with Gasteiger partial charge in [0, 0.05) is 38.4 Å². The molecule has 1 aliphatic carbocycles. The van der Waals surface area contributed by atoms with Crippen molar-refractivity contribution in [2.24, 2.45) is 0 Å². The van der Waals surface area contributed by atoms with Gasteiger partial charge in [0.1, 0.15) is 11.2 Å². The topological polar surface area (TPSA) is 67.2 Å². The molecule has 2 heterocycles. The number of aromatic nitrogens is 2. The summed E-state index contributed by atoms with van der Waals surface area (Å²) >= 11 is 4.67. The molecule has 34 heavy (non-hydrogen) atoms. The molecule has 1 aromatic heterocycles. The molecule has 1 aliphatic heterocycles. The van der Waals surface area contributed by atoms with Gasteiger partial charge in [-0.25, -0.2) is 4.98 Å². The Hall–Kier alpha value is -2.90. The molecule has 2 aromatic carbocycles. The van der Waals surface area contributed by atoms with E-state index in [0.717, 1.165) is 24.8 Å². The fraction of sp³-hybridized carbons (Fsp3) is 0.370. The zero-order chi connectivity index (χ0) is 27.8. The summed E-state index contributed by atoms with van der Waals surface area (Å²) in [5.74, 6) is 0.210. The number of carbonyl (C=O) groups is 1. The van der Waals surface area contributed by atoms with Crippen LogP contribution in [0.1, 0.15) is 66.5 Å². The maximum absolute atomic E-state index is 14.1. The predicted octanol–water partition coefficient (Wildman–Crippen LogP) is 3.99. The Labute approximate surface area is 212 Å². The van der Waals surface area contributed by atoms with E-state index in [2.05, 4.69) is 17.9 Å². The molecule has 0 saturated heterocycles. The first-order valence-electron chi connectivity index (χ1n) is 14.2. The third-order valence-corrected chi connectivity index (χ3v) is 7.09. The van der Waals surface area contributed by atoms with Crippen LogP contribution in [-0.4, -0.2) is 33.4 Å². The summed E-state index contributed by atoms with van der Waals surface area (Å²) in [6, 6.07) is 7.39. The highest BCUT2D eigenvalue weighted by atomic mass is 32.1.